The molecule has 1 fully saturated rings. The number of aromatic amines is 1. The van der Waals surface area contributed by atoms with Crippen LogP contribution in [0.25, 0.3) is 22.3 Å². The van der Waals surface area contributed by atoms with Gasteiger partial charge in [-0.05, 0) is 42.8 Å². The second-order valence-electron chi connectivity index (χ2n) is 7.02. The highest BCUT2D eigenvalue weighted by atomic mass is 16.1. The van der Waals surface area contributed by atoms with Crippen LogP contribution in [0.3, 0.4) is 0 Å². The molecule has 1 saturated heterocycles. The number of pyridine rings is 1. The zero-order valence-electron chi connectivity index (χ0n) is 15.6. The molecule has 4 heterocycles. The van der Waals surface area contributed by atoms with Gasteiger partial charge >= 0.3 is 0 Å². The largest absolute Gasteiger partial charge is 0.347 e. The van der Waals surface area contributed by atoms with E-state index < -0.39 is 0 Å². The van der Waals surface area contributed by atoms with Crippen LogP contribution in [0.15, 0.2) is 61.3 Å². The lowest BCUT2D eigenvalue weighted by atomic mass is 10.1. The Morgan fingerprint density at radius 2 is 2.14 bits per heavy atom. The monoisotopic (exact) mass is 385 g/mol. The van der Waals surface area contributed by atoms with Gasteiger partial charge in [-0.2, -0.15) is 0 Å². The average molecular weight is 385 g/mol. The summed E-state index contributed by atoms with van der Waals surface area (Å²) in [6, 6.07) is 11.3. The van der Waals surface area contributed by atoms with E-state index in [1.165, 1.54) is 0 Å². The Morgan fingerprint density at radius 1 is 1.17 bits per heavy atom. The molecule has 1 aliphatic rings. The van der Waals surface area contributed by atoms with Crippen molar-refractivity contribution >= 4 is 22.9 Å². The van der Waals surface area contributed by atoms with Gasteiger partial charge in [-0.25, -0.2) is 15.0 Å². The molecule has 1 aliphatic heterocycles. The number of aromatic nitrogens is 5. The first-order valence-corrected chi connectivity index (χ1v) is 9.49. The summed E-state index contributed by atoms with van der Waals surface area (Å²) in [6.07, 6.45) is 7.76. The fourth-order valence-electron chi connectivity index (χ4n) is 3.58. The van der Waals surface area contributed by atoms with E-state index in [2.05, 4.69) is 35.1 Å². The third kappa shape index (κ3) is 3.52. The van der Waals surface area contributed by atoms with E-state index in [9.17, 15) is 4.79 Å². The lowest BCUT2D eigenvalue weighted by molar-refractivity contribution is 0.0940. The molecule has 3 aromatic heterocycles. The van der Waals surface area contributed by atoms with Crippen LogP contribution in [-0.4, -0.2) is 50.0 Å². The molecule has 8 nitrogen and oxygen atoms in total. The van der Waals surface area contributed by atoms with Crippen molar-refractivity contribution in [3.8, 4) is 11.3 Å². The quantitative estimate of drug-likeness (QED) is 0.560. The molecule has 0 spiro atoms. The molecule has 2 N–H and O–H groups in total. The molecule has 0 bridgehead atoms. The van der Waals surface area contributed by atoms with Gasteiger partial charge in [-0.3, -0.25) is 9.78 Å². The lowest BCUT2D eigenvalue weighted by Gasteiger charge is -2.17. The number of amides is 1. The summed E-state index contributed by atoms with van der Waals surface area (Å²) in [5, 5.41) is 3.12. The van der Waals surface area contributed by atoms with Gasteiger partial charge < -0.3 is 15.2 Å². The van der Waals surface area contributed by atoms with Crippen molar-refractivity contribution in [2.75, 3.05) is 18.0 Å². The number of carbonyl (C=O) groups excluding carboxylic acids is 1. The Hall–Kier alpha value is -3.81. The van der Waals surface area contributed by atoms with Crippen LogP contribution in [0.5, 0.6) is 0 Å². The second-order valence-corrected chi connectivity index (χ2v) is 7.02. The van der Waals surface area contributed by atoms with E-state index in [4.69, 9.17) is 0 Å². The van der Waals surface area contributed by atoms with Gasteiger partial charge in [0.05, 0.1) is 23.1 Å². The fourth-order valence-corrected chi connectivity index (χ4v) is 3.58. The van der Waals surface area contributed by atoms with Crippen molar-refractivity contribution in [3.05, 3.63) is 66.9 Å². The summed E-state index contributed by atoms with van der Waals surface area (Å²) in [5.41, 5.74) is 4.11. The van der Waals surface area contributed by atoms with E-state index in [-0.39, 0.29) is 11.9 Å². The average Bonchev–Trinajstić information content (AvgIpc) is 3.43. The molecule has 8 heteroatoms. The number of imidazole rings is 1. The van der Waals surface area contributed by atoms with Gasteiger partial charge in [0.15, 0.2) is 0 Å². The van der Waals surface area contributed by atoms with Crippen LogP contribution in [0.4, 0.5) is 5.95 Å². The maximum Gasteiger partial charge on any atom is 0.251 e. The molecular weight excluding hydrogens is 366 g/mol. The number of benzene rings is 1. The first kappa shape index (κ1) is 17.3. The molecule has 1 aromatic carbocycles. The zero-order valence-corrected chi connectivity index (χ0v) is 15.6. The number of fused-ring (bicyclic) bond motifs is 1. The predicted octanol–water partition coefficient (Wildman–Crippen LogP) is 2.42. The number of nitrogens with zero attached hydrogens (tertiary/aromatic N) is 5. The number of H-pyrrole nitrogens is 1. The van der Waals surface area contributed by atoms with Crippen LogP contribution < -0.4 is 10.2 Å². The fraction of sp³-hybridized carbons (Fsp3) is 0.190. The lowest BCUT2D eigenvalue weighted by Crippen LogP contribution is -2.37. The van der Waals surface area contributed by atoms with Crippen molar-refractivity contribution in [3.63, 3.8) is 0 Å². The van der Waals surface area contributed by atoms with Crippen molar-refractivity contribution < 1.29 is 4.79 Å². The molecule has 0 saturated carbocycles. The highest BCUT2D eigenvalue weighted by Gasteiger charge is 2.26. The molecule has 29 heavy (non-hydrogen) atoms. The van der Waals surface area contributed by atoms with E-state index in [0.717, 1.165) is 35.3 Å². The number of anilines is 1. The second kappa shape index (κ2) is 7.31. The van der Waals surface area contributed by atoms with Crippen molar-refractivity contribution in [1.82, 2.24) is 30.2 Å². The summed E-state index contributed by atoms with van der Waals surface area (Å²) in [4.78, 5) is 35.2. The number of nitrogens with one attached hydrogen (secondary N) is 2. The molecule has 1 atom stereocenters. The molecule has 4 aromatic rings. The van der Waals surface area contributed by atoms with Crippen LogP contribution in [0, 0.1) is 0 Å². The Kier molecular flexibility index (Phi) is 4.36. The van der Waals surface area contributed by atoms with Gasteiger partial charge in [-0.1, -0.05) is 0 Å². The van der Waals surface area contributed by atoms with E-state index in [1.807, 2.05) is 30.3 Å². The number of hydrogen-bond acceptors (Lipinski definition) is 6. The topological polar surface area (TPSA) is 99.7 Å². The Balaban J connectivity index is 1.27. The minimum absolute atomic E-state index is 0.0469. The summed E-state index contributed by atoms with van der Waals surface area (Å²) >= 11 is 0. The smallest absolute Gasteiger partial charge is 0.251 e. The highest BCUT2D eigenvalue weighted by Crippen LogP contribution is 2.21. The minimum Gasteiger partial charge on any atom is -0.347 e. The van der Waals surface area contributed by atoms with Gasteiger partial charge in [0.2, 0.25) is 5.95 Å². The van der Waals surface area contributed by atoms with Gasteiger partial charge in [0, 0.05) is 48.8 Å². The maximum atomic E-state index is 12.6. The molecule has 144 valence electrons. The number of hydrogen-bond donors (Lipinski definition) is 2. The molecule has 5 rings (SSSR count). The summed E-state index contributed by atoms with van der Waals surface area (Å²) in [6.45, 7) is 1.47. The van der Waals surface area contributed by atoms with Crippen LogP contribution >= 0.6 is 0 Å². The van der Waals surface area contributed by atoms with Crippen LogP contribution in [-0.2, 0) is 0 Å². The SMILES string of the molecule is O=C(NC1CCN(c2nccc(-c3cccnc3)n2)C1)c1ccc2nc[nH]c2c1. The normalized spacial score (nSPS) is 16.3. The summed E-state index contributed by atoms with van der Waals surface area (Å²) in [7, 11) is 0. The number of rotatable bonds is 4. The van der Waals surface area contributed by atoms with Crippen molar-refractivity contribution in [1.29, 1.82) is 0 Å². The first-order chi connectivity index (χ1) is 14.3. The van der Waals surface area contributed by atoms with E-state index in [1.54, 1.807) is 31.0 Å². The third-order valence-corrected chi connectivity index (χ3v) is 5.09. The van der Waals surface area contributed by atoms with Crippen LogP contribution in [0.2, 0.25) is 0 Å². The minimum atomic E-state index is -0.0848. The standard InChI is InChI=1S/C21H19N7O/c29-20(14-3-4-18-19(10-14)25-13-24-18)26-16-6-9-28(12-16)21-23-8-5-17(27-21)15-2-1-7-22-11-15/h1-5,7-8,10-11,13,16H,6,9,12H2,(H,24,25)(H,26,29). The maximum absolute atomic E-state index is 12.6. The van der Waals surface area contributed by atoms with Crippen molar-refractivity contribution in [2.45, 2.75) is 12.5 Å². The van der Waals surface area contributed by atoms with Gasteiger partial charge in [-0.15, -0.1) is 0 Å². The summed E-state index contributed by atoms with van der Waals surface area (Å²) in [5.74, 6) is 0.584. The van der Waals surface area contributed by atoms with Gasteiger partial charge in [0.25, 0.3) is 5.91 Å². The third-order valence-electron chi connectivity index (χ3n) is 5.09. The van der Waals surface area contributed by atoms with Crippen LogP contribution in [0.1, 0.15) is 16.8 Å². The Bertz CT molecular complexity index is 1160. The van der Waals surface area contributed by atoms with E-state index in [0.29, 0.717) is 18.1 Å². The van der Waals surface area contributed by atoms with E-state index >= 15 is 0 Å². The van der Waals surface area contributed by atoms with Crippen molar-refractivity contribution in [2.24, 2.45) is 0 Å². The zero-order chi connectivity index (χ0) is 19.6. The molecule has 1 unspecified atom stereocenters. The first-order valence-electron chi connectivity index (χ1n) is 9.49. The predicted molar refractivity (Wildman–Crippen MR) is 109 cm³/mol. The molecule has 1 amide bonds. The molecule has 0 aliphatic carbocycles. The number of carbonyl (C=O) groups is 1. The van der Waals surface area contributed by atoms with Gasteiger partial charge in [0.1, 0.15) is 0 Å². The molecule has 0 radical (unpaired) electrons. The summed E-state index contributed by atoms with van der Waals surface area (Å²) < 4.78 is 0. The molecular formula is C21H19N7O. The highest BCUT2D eigenvalue weighted by molar-refractivity contribution is 5.97. The Morgan fingerprint density at radius 3 is 3.03 bits per heavy atom. The Labute approximate surface area is 167 Å².